The Bertz CT molecular complexity index is 644. The van der Waals surface area contributed by atoms with Crippen molar-refractivity contribution in [2.45, 2.75) is 24.0 Å². The van der Waals surface area contributed by atoms with Crippen LogP contribution >= 0.6 is 11.8 Å². The average molecular weight is 301 g/mol. The van der Waals surface area contributed by atoms with Gasteiger partial charge in [0, 0.05) is 16.2 Å². The van der Waals surface area contributed by atoms with Gasteiger partial charge in [0.1, 0.15) is 17.6 Å². The van der Waals surface area contributed by atoms with E-state index in [1.165, 1.54) is 10.5 Å². The molecule has 3 nitrogen and oxygen atoms in total. The Labute approximate surface area is 129 Å². The van der Waals surface area contributed by atoms with Gasteiger partial charge in [0.15, 0.2) is 0 Å². The molecule has 110 valence electrons. The van der Waals surface area contributed by atoms with Gasteiger partial charge in [-0.15, -0.1) is 11.8 Å². The van der Waals surface area contributed by atoms with Crippen molar-refractivity contribution in [2.75, 3.05) is 12.9 Å². The van der Waals surface area contributed by atoms with Crippen LogP contribution in [-0.2, 0) is 0 Å². The maximum absolute atomic E-state index is 6.45. The van der Waals surface area contributed by atoms with Gasteiger partial charge in [-0.25, -0.2) is 0 Å². The smallest absolute Gasteiger partial charge is 0.133 e. The number of methoxy groups -OCH3 is 1. The van der Waals surface area contributed by atoms with E-state index >= 15 is 0 Å². The molecule has 0 amide bonds. The van der Waals surface area contributed by atoms with Gasteiger partial charge in [-0.2, -0.15) is 0 Å². The minimum Gasteiger partial charge on any atom is -0.496 e. The highest BCUT2D eigenvalue weighted by Crippen LogP contribution is 2.39. The first-order valence-electron chi connectivity index (χ1n) is 6.97. The van der Waals surface area contributed by atoms with E-state index in [1.54, 1.807) is 18.9 Å². The van der Waals surface area contributed by atoms with E-state index in [-0.39, 0.29) is 12.1 Å². The van der Waals surface area contributed by atoms with Crippen LogP contribution in [0.3, 0.4) is 0 Å². The van der Waals surface area contributed by atoms with Crippen LogP contribution in [0.1, 0.15) is 17.2 Å². The quantitative estimate of drug-likeness (QED) is 0.941. The molecule has 0 radical (unpaired) electrons. The Hall–Kier alpha value is -1.65. The van der Waals surface area contributed by atoms with Crippen LogP contribution in [0.25, 0.3) is 0 Å². The van der Waals surface area contributed by atoms with Gasteiger partial charge in [0.05, 0.1) is 13.2 Å². The largest absolute Gasteiger partial charge is 0.496 e. The fraction of sp³-hybridized carbons (Fsp3) is 0.294. The van der Waals surface area contributed by atoms with Gasteiger partial charge in [-0.05, 0) is 25.1 Å². The number of rotatable bonds is 3. The van der Waals surface area contributed by atoms with Crippen LogP contribution in [0, 0.1) is 6.92 Å². The van der Waals surface area contributed by atoms with Crippen molar-refractivity contribution in [1.29, 1.82) is 0 Å². The van der Waals surface area contributed by atoms with Crippen molar-refractivity contribution in [3.05, 3.63) is 53.6 Å². The molecule has 2 unspecified atom stereocenters. The van der Waals surface area contributed by atoms with Crippen molar-refractivity contribution in [2.24, 2.45) is 5.73 Å². The Morgan fingerprint density at radius 1 is 1.29 bits per heavy atom. The number of para-hydroxylation sites is 1. The molecule has 0 bridgehead atoms. The molecule has 0 saturated carbocycles. The lowest BCUT2D eigenvalue weighted by Gasteiger charge is -2.30. The van der Waals surface area contributed by atoms with E-state index in [2.05, 4.69) is 19.1 Å². The molecule has 1 heterocycles. The highest BCUT2D eigenvalue weighted by molar-refractivity contribution is 7.99. The lowest BCUT2D eigenvalue weighted by atomic mass is 10.00. The molecule has 2 aromatic carbocycles. The van der Waals surface area contributed by atoms with Gasteiger partial charge >= 0.3 is 0 Å². The van der Waals surface area contributed by atoms with Gasteiger partial charge in [0.2, 0.25) is 0 Å². The van der Waals surface area contributed by atoms with E-state index in [0.29, 0.717) is 0 Å². The zero-order valence-electron chi connectivity index (χ0n) is 12.2. The second-order valence-corrected chi connectivity index (χ2v) is 6.25. The van der Waals surface area contributed by atoms with E-state index < -0.39 is 0 Å². The third kappa shape index (κ3) is 2.87. The second kappa shape index (κ2) is 6.00. The summed E-state index contributed by atoms with van der Waals surface area (Å²) >= 11 is 1.79. The first-order valence-corrected chi connectivity index (χ1v) is 7.96. The van der Waals surface area contributed by atoms with Crippen molar-refractivity contribution in [1.82, 2.24) is 0 Å². The highest BCUT2D eigenvalue weighted by Gasteiger charge is 2.28. The predicted octanol–water partition coefficient (Wildman–Crippen LogP) is 3.56. The van der Waals surface area contributed by atoms with Crippen molar-refractivity contribution >= 4 is 11.8 Å². The summed E-state index contributed by atoms with van der Waals surface area (Å²) in [7, 11) is 1.67. The van der Waals surface area contributed by atoms with E-state index in [4.69, 9.17) is 15.2 Å². The predicted molar refractivity (Wildman–Crippen MR) is 86.2 cm³/mol. The van der Waals surface area contributed by atoms with E-state index in [9.17, 15) is 0 Å². The monoisotopic (exact) mass is 301 g/mol. The third-order valence-electron chi connectivity index (χ3n) is 3.68. The van der Waals surface area contributed by atoms with Crippen molar-refractivity contribution in [3.8, 4) is 11.5 Å². The maximum atomic E-state index is 6.45. The summed E-state index contributed by atoms with van der Waals surface area (Å²) in [5, 5.41) is 0. The van der Waals surface area contributed by atoms with Crippen LogP contribution in [-0.4, -0.2) is 19.0 Å². The minimum atomic E-state index is -0.208. The zero-order chi connectivity index (χ0) is 14.8. The summed E-state index contributed by atoms with van der Waals surface area (Å²) in [6.07, 6.45) is -0.0550. The number of thioether (sulfide) groups is 1. The summed E-state index contributed by atoms with van der Waals surface area (Å²) in [6, 6.07) is 14.0. The molecule has 0 fully saturated rings. The summed E-state index contributed by atoms with van der Waals surface area (Å²) in [5.41, 5.74) is 8.63. The molecule has 1 aliphatic rings. The van der Waals surface area contributed by atoms with Crippen molar-refractivity contribution in [3.63, 3.8) is 0 Å². The molecule has 0 aromatic heterocycles. The summed E-state index contributed by atoms with van der Waals surface area (Å²) < 4.78 is 11.5. The number of nitrogens with two attached hydrogens (primary N) is 1. The molecular weight excluding hydrogens is 282 g/mol. The number of hydrogen-bond acceptors (Lipinski definition) is 4. The molecule has 0 aliphatic carbocycles. The standard InChI is InChI=1S/C17H19NO2S/c1-11-7-8-13(19-2)12(9-11)17(18)15-10-21-16-6-4-3-5-14(16)20-15/h3-9,15,17H,10,18H2,1-2H3. The van der Waals surface area contributed by atoms with Crippen LogP contribution in [0.2, 0.25) is 0 Å². The van der Waals surface area contributed by atoms with Crippen LogP contribution < -0.4 is 15.2 Å². The Balaban J connectivity index is 1.87. The number of aryl methyl sites for hydroxylation is 1. The molecule has 0 spiro atoms. The van der Waals surface area contributed by atoms with Crippen LogP contribution in [0.5, 0.6) is 11.5 Å². The number of benzene rings is 2. The normalized spacial score (nSPS) is 18.5. The molecule has 4 heteroatoms. The molecule has 21 heavy (non-hydrogen) atoms. The van der Waals surface area contributed by atoms with E-state index in [0.717, 1.165) is 22.8 Å². The Kier molecular flexibility index (Phi) is 4.08. The second-order valence-electron chi connectivity index (χ2n) is 5.19. The van der Waals surface area contributed by atoms with Crippen molar-refractivity contribution < 1.29 is 9.47 Å². The summed E-state index contributed by atoms with van der Waals surface area (Å²) in [5.74, 6) is 2.58. The maximum Gasteiger partial charge on any atom is 0.133 e. The molecule has 2 aromatic rings. The first-order chi connectivity index (χ1) is 10.2. The molecule has 2 atom stereocenters. The number of fused-ring (bicyclic) bond motifs is 1. The molecule has 1 aliphatic heterocycles. The van der Waals surface area contributed by atoms with Crippen LogP contribution in [0.15, 0.2) is 47.4 Å². The summed E-state index contributed by atoms with van der Waals surface area (Å²) in [4.78, 5) is 1.18. The zero-order valence-corrected chi connectivity index (χ0v) is 13.0. The molecular formula is C17H19NO2S. The van der Waals surface area contributed by atoms with Gasteiger partial charge in [-0.1, -0.05) is 29.8 Å². The number of hydrogen-bond donors (Lipinski definition) is 1. The molecule has 0 saturated heterocycles. The topological polar surface area (TPSA) is 44.5 Å². The van der Waals surface area contributed by atoms with Gasteiger partial charge in [-0.3, -0.25) is 0 Å². The Morgan fingerprint density at radius 3 is 2.90 bits per heavy atom. The highest BCUT2D eigenvalue weighted by atomic mass is 32.2. The lowest BCUT2D eigenvalue weighted by Crippen LogP contribution is -2.35. The summed E-state index contributed by atoms with van der Waals surface area (Å²) in [6.45, 7) is 2.06. The van der Waals surface area contributed by atoms with Gasteiger partial charge < -0.3 is 15.2 Å². The first kappa shape index (κ1) is 14.3. The third-order valence-corrected chi connectivity index (χ3v) is 4.82. The fourth-order valence-corrected chi connectivity index (χ4v) is 3.58. The average Bonchev–Trinajstić information content (AvgIpc) is 2.53. The molecule has 2 N–H and O–H groups in total. The number of ether oxygens (including phenoxy) is 2. The van der Waals surface area contributed by atoms with Crippen LogP contribution in [0.4, 0.5) is 0 Å². The molecule has 3 rings (SSSR count). The van der Waals surface area contributed by atoms with Gasteiger partial charge in [0.25, 0.3) is 0 Å². The lowest BCUT2D eigenvalue weighted by molar-refractivity contribution is 0.183. The fourth-order valence-electron chi connectivity index (χ4n) is 2.53. The SMILES string of the molecule is COc1ccc(C)cc1C(N)C1CSc2ccccc2O1. The minimum absolute atomic E-state index is 0.0550. The van der Waals surface area contributed by atoms with E-state index in [1.807, 2.05) is 30.3 Å². The Morgan fingerprint density at radius 2 is 2.10 bits per heavy atom.